The Hall–Kier alpha value is -2.41. The summed E-state index contributed by atoms with van der Waals surface area (Å²) in [7, 11) is 1.82. The first kappa shape index (κ1) is 23.9. The molecule has 6 nitrogen and oxygen atoms in total. The minimum absolute atomic E-state index is 0.0226. The van der Waals surface area contributed by atoms with E-state index in [0.717, 1.165) is 42.6 Å². The fourth-order valence-electron chi connectivity index (χ4n) is 3.32. The van der Waals surface area contributed by atoms with Crippen molar-refractivity contribution in [2.75, 3.05) is 12.4 Å². The highest BCUT2D eigenvalue weighted by Crippen LogP contribution is 2.31. The highest BCUT2D eigenvalue weighted by molar-refractivity contribution is 7.80. The van der Waals surface area contributed by atoms with E-state index in [1.807, 2.05) is 52.1 Å². The van der Waals surface area contributed by atoms with Gasteiger partial charge in [0.1, 0.15) is 0 Å². The fourth-order valence-corrected chi connectivity index (χ4v) is 3.58. The third-order valence-electron chi connectivity index (χ3n) is 5.10. The molecule has 1 aliphatic rings. The first-order valence-electron chi connectivity index (χ1n) is 10.6. The minimum Gasteiger partial charge on any atom is -0.459 e. The van der Waals surface area contributed by atoms with E-state index in [4.69, 9.17) is 17.0 Å². The Kier molecular flexibility index (Phi) is 8.84. The van der Waals surface area contributed by atoms with Gasteiger partial charge in [-0.15, -0.1) is 0 Å². The molecular formula is C23H33N3O3S. The molecule has 1 heterocycles. The molecule has 164 valence electrons. The van der Waals surface area contributed by atoms with Crippen molar-refractivity contribution >= 4 is 34.9 Å². The number of rotatable bonds is 9. The second-order valence-electron chi connectivity index (χ2n) is 7.88. The van der Waals surface area contributed by atoms with Gasteiger partial charge in [-0.2, -0.15) is 0 Å². The monoisotopic (exact) mass is 431 g/mol. The molecule has 0 bridgehead atoms. The molecule has 0 aromatic heterocycles. The molecule has 0 radical (unpaired) electrons. The van der Waals surface area contributed by atoms with Crippen LogP contribution in [0.4, 0.5) is 5.69 Å². The third kappa shape index (κ3) is 6.29. The molecule has 1 amide bonds. The molecule has 0 spiro atoms. The van der Waals surface area contributed by atoms with Crippen molar-refractivity contribution in [2.45, 2.75) is 71.9 Å². The van der Waals surface area contributed by atoms with Crippen LogP contribution in [0.1, 0.15) is 71.4 Å². The molecule has 1 unspecified atom stereocenters. The number of carbonyl (C=O) groups excluding carboxylic acids is 2. The molecule has 2 N–H and O–H groups in total. The van der Waals surface area contributed by atoms with Crippen molar-refractivity contribution in [3.05, 3.63) is 41.1 Å². The van der Waals surface area contributed by atoms with Gasteiger partial charge < -0.3 is 20.3 Å². The molecule has 1 aliphatic heterocycles. The number of ether oxygens (including phenoxy) is 1. The average Bonchev–Trinajstić information content (AvgIpc) is 2.69. The van der Waals surface area contributed by atoms with E-state index in [-0.39, 0.29) is 18.0 Å². The summed E-state index contributed by atoms with van der Waals surface area (Å²) in [6.07, 6.45) is 4.60. The van der Waals surface area contributed by atoms with E-state index in [0.29, 0.717) is 17.1 Å². The van der Waals surface area contributed by atoms with Gasteiger partial charge in [0.05, 0.1) is 17.7 Å². The van der Waals surface area contributed by atoms with E-state index in [1.54, 1.807) is 4.90 Å². The van der Waals surface area contributed by atoms with Crippen molar-refractivity contribution in [2.24, 2.45) is 0 Å². The third-order valence-corrected chi connectivity index (χ3v) is 5.49. The van der Waals surface area contributed by atoms with E-state index >= 15 is 0 Å². The molecule has 0 fully saturated rings. The Morgan fingerprint density at radius 1 is 1.20 bits per heavy atom. The number of nitrogens with one attached hydrogen (secondary N) is 2. The van der Waals surface area contributed by atoms with Crippen molar-refractivity contribution in [3.8, 4) is 0 Å². The topological polar surface area (TPSA) is 70.7 Å². The Labute approximate surface area is 185 Å². The molecule has 1 atom stereocenters. The Morgan fingerprint density at radius 2 is 1.87 bits per heavy atom. The molecule has 30 heavy (non-hydrogen) atoms. The summed E-state index contributed by atoms with van der Waals surface area (Å²) in [4.78, 5) is 26.7. The van der Waals surface area contributed by atoms with E-state index in [9.17, 15) is 9.59 Å². The van der Waals surface area contributed by atoms with Crippen molar-refractivity contribution in [1.29, 1.82) is 0 Å². The van der Waals surface area contributed by atoms with E-state index < -0.39 is 6.04 Å². The van der Waals surface area contributed by atoms with Crippen molar-refractivity contribution in [3.63, 3.8) is 0 Å². The van der Waals surface area contributed by atoms with E-state index in [1.165, 1.54) is 0 Å². The maximum Gasteiger partial charge on any atom is 0.338 e. The van der Waals surface area contributed by atoms with Crippen LogP contribution in [0.3, 0.4) is 0 Å². The zero-order valence-corrected chi connectivity index (χ0v) is 19.4. The predicted molar refractivity (Wildman–Crippen MR) is 124 cm³/mol. The number of thiocarbonyl (C=S) groups is 1. The fraction of sp³-hybridized carbons (Fsp3) is 0.522. The van der Waals surface area contributed by atoms with Gasteiger partial charge in [-0.3, -0.25) is 4.79 Å². The van der Waals surface area contributed by atoms with Gasteiger partial charge in [0.25, 0.3) is 0 Å². The van der Waals surface area contributed by atoms with Crippen LogP contribution in [-0.4, -0.2) is 35.0 Å². The number of unbranched alkanes of at least 4 members (excludes halogenated alkanes) is 3. The van der Waals surface area contributed by atoms with Gasteiger partial charge in [-0.1, -0.05) is 38.3 Å². The van der Waals surface area contributed by atoms with Crippen LogP contribution in [0.5, 0.6) is 0 Å². The summed E-state index contributed by atoms with van der Waals surface area (Å²) in [6.45, 7) is 7.67. The van der Waals surface area contributed by atoms with E-state index in [2.05, 4.69) is 17.6 Å². The second-order valence-corrected chi connectivity index (χ2v) is 8.26. The number of esters is 1. The van der Waals surface area contributed by atoms with Crippen LogP contribution >= 0.6 is 12.2 Å². The quantitative estimate of drug-likeness (QED) is 0.336. The van der Waals surface area contributed by atoms with Crippen LogP contribution in [0.2, 0.25) is 0 Å². The molecule has 0 saturated carbocycles. The molecule has 7 heteroatoms. The number of carbonyl (C=O) groups is 2. The first-order valence-corrected chi connectivity index (χ1v) is 11.0. The smallest absolute Gasteiger partial charge is 0.338 e. The maximum absolute atomic E-state index is 12.8. The summed E-state index contributed by atoms with van der Waals surface area (Å²) in [5.74, 6) is -0.340. The van der Waals surface area contributed by atoms with Crippen LogP contribution in [-0.2, 0) is 14.3 Å². The number of amides is 1. The van der Waals surface area contributed by atoms with Gasteiger partial charge in [0.15, 0.2) is 5.11 Å². The number of allylic oxidation sites excluding steroid dienone is 1. The second kappa shape index (κ2) is 11.1. The Balaban J connectivity index is 2.15. The number of hydrogen-bond donors (Lipinski definition) is 2. The standard InChI is InChI=1S/C23H33N3O3S/c1-6-7-8-9-10-19(27)24-18-13-11-17(12-14-18)21-20(22(28)29-15(2)3)16(4)26(5)23(30)25-21/h11-15,21H,6-10H2,1-5H3,(H,24,27)(H,25,30). The molecule has 0 aliphatic carbocycles. The molecular weight excluding hydrogens is 398 g/mol. The van der Waals surface area contributed by atoms with Crippen molar-refractivity contribution < 1.29 is 14.3 Å². The Bertz CT molecular complexity index is 802. The molecule has 0 saturated heterocycles. The lowest BCUT2D eigenvalue weighted by molar-refractivity contribution is -0.143. The van der Waals surface area contributed by atoms with Gasteiger partial charge in [-0.05, 0) is 57.1 Å². The van der Waals surface area contributed by atoms with Crippen LogP contribution < -0.4 is 10.6 Å². The zero-order valence-electron chi connectivity index (χ0n) is 18.6. The molecule has 2 rings (SSSR count). The molecule has 1 aromatic rings. The largest absolute Gasteiger partial charge is 0.459 e. The lowest BCUT2D eigenvalue weighted by Crippen LogP contribution is -2.46. The normalized spacial score (nSPS) is 16.5. The summed E-state index contributed by atoms with van der Waals surface area (Å²) >= 11 is 5.42. The van der Waals surface area contributed by atoms with Crippen LogP contribution in [0, 0.1) is 0 Å². The van der Waals surface area contributed by atoms with Crippen molar-refractivity contribution in [1.82, 2.24) is 10.2 Å². The summed E-state index contributed by atoms with van der Waals surface area (Å²) in [6, 6.07) is 7.09. The SMILES string of the molecule is CCCCCCC(=O)Nc1ccc(C2NC(=S)N(C)C(C)=C2C(=O)OC(C)C)cc1. The maximum atomic E-state index is 12.8. The number of hydrogen-bond acceptors (Lipinski definition) is 4. The average molecular weight is 432 g/mol. The summed E-state index contributed by atoms with van der Waals surface area (Å²) in [5, 5.41) is 6.71. The molecule has 1 aromatic carbocycles. The first-order chi connectivity index (χ1) is 14.2. The highest BCUT2D eigenvalue weighted by atomic mass is 32.1. The number of nitrogens with zero attached hydrogens (tertiary/aromatic N) is 1. The summed E-state index contributed by atoms with van der Waals surface area (Å²) in [5.41, 5.74) is 2.91. The summed E-state index contributed by atoms with van der Waals surface area (Å²) < 4.78 is 5.46. The lowest BCUT2D eigenvalue weighted by Gasteiger charge is -2.35. The predicted octanol–water partition coefficient (Wildman–Crippen LogP) is 4.68. The van der Waals surface area contributed by atoms with Gasteiger partial charge >= 0.3 is 5.97 Å². The van der Waals surface area contributed by atoms with Gasteiger partial charge in [0, 0.05) is 24.9 Å². The lowest BCUT2D eigenvalue weighted by atomic mass is 9.95. The number of anilines is 1. The van der Waals surface area contributed by atoms with Gasteiger partial charge in [0.2, 0.25) is 5.91 Å². The van der Waals surface area contributed by atoms with Crippen LogP contribution in [0.15, 0.2) is 35.5 Å². The minimum atomic E-state index is -0.404. The highest BCUT2D eigenvalue weighted by Gasteiger charge is 2.33. The van der Waals surface area contributed by atoms with Gasteiger partial charge in [-0.25, -0.2) is 4.79 Å². The zero-order chi connectivity index (χ0) is 22.3. The van der Waals surface area contributed by atoms with Crippen LogP contribution in [0.25, 0.3) is 0 Å². The number of benzene rings is 1. The Morgan fingerprint density at radius 3 is 2.47 bits per heavy atom.